The third kappa shape index (κ3) is 9.75. The smallest absolute Gasteiger partial charge is 0.337 e. The second kappa shape index (κ2) is 20.6. The number of aromatic nitrogens is 4. The molecule has 0 amide bonds. The lowest BCUT2D eigenvalue weighted by molar-refractivity contribution is -0.0912. The molecule has 1 aliphatic heterocycles. The molecule has 1 fully saturated rings. The van der Waals surface area contributed by atoms with Gasteiger partial charge in [-0.15, -0.1) is 0 Å². The molecule has 1 unspecified atom stereocenters. The first-order valence-corrected chi connectivity index (χ1v) is 22.0. The lowest BCUT2D eigenvalue weighted by atomic mass is 9.80. The third-order valence-corrected chi connectivity index (χ3v) is 13.1. The van der Waals surface area contributed by atoms with Crippen molar-refractivity contribution in [2.45, 2.75) is 76.7 Å². The van der Waals surface area contributed by atoms with Crippen molar-refractivity contribution in [2.24, 2.45) is 0 Å². The summed E-state index contributed by atoms with van der Waals surface area (Å²) in [5, 5.41) is 9.45. The highest BCUT2D eigenvalue weighted by Gasteiger charge is 2.45. The fourth-order valence-electron chi connectivity index (χ4n) is 8.01. The van der Waals surface area contributed by atoms with Gasteiger partial charge in [0.25, 0.3) is 8.53 Å². The Morgan fingerprint density at radius 3 is 2.13 bits per heavy atom. The minimum Gasteiger partial charge on any atom is -0.497 e. The number of nitriles is 1. The Kier molecular flexibility index (Phi) is 14.8. The summed E-state index contributed by atoms with van der Waals surface area (Å²) in [7, 11) is 2.98. The SMILES string of the molecule is COC(=O)c1cccc(-c2ncnc3c2ncn3[C@H]2C[C@H](OP(OCCC#N)N(C(C)C)C(C)C)[C@@H](COC(c3ccccc3)(c3ccc(OC)cc3)c3ccc(OC)cc3)O2)c1. The van der Waals surface area contributed by atoms with E-state index >= 15 is 0 Å². The van der Waals surface area contributed by atoms with Crippen molar-refractivity contribution in [1.29, 1.82) is 5.26 Å². The highest BCUT2D eigenvalue weighted by atomic mass is 31.2. The fraction of sp³-hybridized carbons (Fsp3) is 0.354. The normalized spacial score (nSPS) is 17.0. The van der Waals surface area contributed by atoms with E-state index in [2.05, 4.69) is 60.5 Å². The quantitative estimate of drug-likeness (QED) is 0.0329. The Bertz CT molecular complexity index is 2420. The maximum Gasteiger partial charge on any atom is 0.337 e. The van der Waals surface area contributed by atoms with Gasteiger partial charge in [0.1, 0.15) is 47.0 Å². The zero-order valence-electron chi connectivity index (χ0n) is 36.6. The van der Waals surface area contributed by atoms with Gasteiger partial charge in [-0.05, 0) is 80.8 Å². The average Bonchev–Trinajstić information content (AvgIpc) is 3.93. The number of hydrogen-bond acceptors (Lipinski definition) is 13. The Hall–Kier alpha value is -5.78. The van der Waals surface area contributed by atoms with Crippen LogP contribution < -0.4 is 9.47 Å². The van der Waals surface area contributed by atoms with Gasteiger partial charge in [0.15, 0.2) is 5.65 Å². The molecule has 6 aromatic rings. The molecule has 3 heterocycles. The summed E-state index contributed by atoms with van der Waals surface area (Å²) >= 11 is 0. The number of imidazole rings is 1. The first-order chi connectivity index (χ1) is 30.6. The standard InChI is InChI=1S/C48H53N6O8P/c1-32(2)54(33(3)4)63(60-26-12-25-49)62-41-28-43(53-31-52-45-44(50-30-51-46(45)53)34-13-11-14-35(27-34)47(55)58-7)61-42(41)29-59-48(36-15-9-8-10-16-36,37-17-21-39(56-5)22-18-37)38-19-23-40(57-6)24-20-38/h8-11,13-24,27,30-33,41-43H,12,26,28-29H2,1-7H3/t41-,42+,43+,63?/m0/s1. The van der Waals surface area contributed by atoms with Crippen molar-refractivity contribution in [3.05, 3.63) is 138 Å². The number of hydrogen-bond donors (Lipinski definition) is 0. The van der Waals surface area contributed by atoms with E-state index in [0.717, 1.165) is 16.7 Å². The van der Waals surface area contributed by atoms with Crippen LogP contribution in [-0.4, -0.2) is 89.0 Å². The monoisotopic (exact) mass is 872 g/mol. The van der Waals surface area contributed by atoms with Crippen LogP contribution in [0, 0.1) is 11.3 Å². The molecular weight excluding hydrogens is 820 g/mol. The molecule has 0 saturated carbocycles. The summed E-state index contributed by atoms with van der Waals surface area (Å²) in [5.41, 5.74) is 4.25. The molecule has 15 heteroatoms. The molecule has 1 saturated heterocycles. The Morgan fingerprint density at radius 2 is 1.52 bits per heavy atom. The van der Waals surface area contributed by atoms with Crippen LogP contribution in [0.3, 0.4) is 0 Å². The number of fused-ring (bicyclic) bond motifs is 1. The van der Waals surface area contributed by atoms with E-state index in [9.17, 15) is 10.1 Å². The van der Waals surface area contributed by atoms with Crippen LogP contribution in [0.4, 0.5) is 0 Å². The van der Waals surface area contributed by atoms with Crippen LogP contribution in [0.25, 0.3) is 22.4 Å². The predicted molar refractivity (Wildman–Crippen MR) is 239 cm³/mol. The molecule has 4 aromatic carbocycles. The first kappa shape index (κ1) is 45.3. The van der Waals surface area contributed by atoms with Gasteiger partial charge in [-0.2, -0.15) is 5.26 Å². The van der Waals surface area contributed by atoms with E-state index in [1.54, 1.807) is 38.7 Å². The minimum absolute atomic E-state index is 0.0762. The number of ether oxygens (including phenoxy) is 5. The van der Waals surface area contributed by atoms with Crippen molar-refractivity contribution in [2.75, 3.05) is 34.5 Å². The Balaban J connectivity index is 1.31. The van der Waals surface area contributed by atoms with Crippen molar-refractivity contribution in [3.8, 4) is 28.8 Å². The minimum atomic E-state index is -1.66. The molecule has 1 aliphatic rings. The number of carbonyl (C=O) groups excluding carboxylic acids is 1. The molecule has 0 aliphatic carbocycles. The molecule has 0 spiro atoms. The molecule has 14 nitrogen and oxygen atoms in total. The van der Waals surface area contributed by atoms with Gasteiger partial charge in [0.2, 0.25) is 0 Å². The van der Waals surface area contributed by atoms with Gasteiger partial charge in [0, 0.05) is 24.1 Å². The van der Waals surface area contributed by atoms with Crippen molar-refractivity contribution in [3.63, 3.8) is 0 Å². The molecule has 7 rings (SSSR count). The fourth-order valence-corrected chi connectivity index (χ4v) is 9.77. The van der Waals surface area contributed by atoms with Crippen LogP contribution in [0.15, 0.2) is 116 Å². The second-order valence-corrected chi connectivity index (χ2v) is 16.9. The van der Waals surface area contributed by atoms with E-state index < -0.39 is 38.5 Å². The molecule has 2 aromatic heterocycles. The summed E-state index contributed by atoms with van der Waals surface area (Å²) in [6.45, 7) is 8.73. The number of methoxy groups -OCH3 is 3. The zero-order valence-corrected chi connectivity index (χ0v) is 37.5. The highest BCUT2D eigenvalue weighted by molar-refractivity contribution is 7.44. The molecule has 4 atom stereocenters. The molecule has 328 valence electrons. The average molecular weight is 873 g/mol. The van der Waals surface area contributed by atoms with E-state index in [-0.39, 0.29) is 31.7 Å². The second-order valence-electron chi connectivity index (χ2n) is 15.5. The number of esters is 1. The summed E-state index contributed by atoms with van der Waals surface area (Å²) in [6, 6.07) is 35.3. The topological polar surface area (TPSA) is 152 Å². The van der Waals surface area contributed by atoms with Crippen LogP contribution >= 0.6 is 8.53 Å². The van der Waals surface area contributed by atoms with Crippen LogP contribution in [0.5, 0.6) is 11.5 Å². The summed E-state index contributed by atoms with van der Waals surface area (Å²) in [4.78, 5) is 26.5. The highest BCUT2D eigenvalue weighted by Crippen LogP contribution is 2.51. The summed E-state index contributed by atoms with van der Waals surface area (Å²) in [5.74, 6) is 0.976. The van der Waals surface area contributed by atoms with Gasteiger partial charge in [-0.25, -0.2) is 24.4 Å². The largest absolute Gasteiger partial charge is 0.497 e. The van der Waals surface area contributed by atoms with Gasteiger partial charge >= 0.3 is 5.97 Å². The predicted octanol–water partition coefficient (Wildman–Crippen LogP) is 9.25. The van der Waals surface area contributed by atoms with Crippen molar-refractivity contribution < 1.29 is 37.5 Å². The first-order valence-electron chi connectivity index (χ1n) is 20.9. The van der Waals surface area contributed by atoms with Crippen molar-refractivity contribution in [1.82, 2.24) is 24.2 Å². The van der Waals surface area contributed by atoms with Gasteiger partial charge in [0.05, 0.1) is 65.0 Å². The molecule has 63 heavy (non-hydrogen) atoms. The van der Waals surface area contributed by atoms with Gasteiger partial charge in [-0.3, -0.25) is 4.57 Å². The lowest BCUT2D eigenvalue weighted by Gasteiger charge is -2.39. The van der Waals surface area contributed by atoms with Crippen LogP contribution in [0.2, 0.25) is 0 Å². The van der Waals surface area contributed by atoms with E-state index in [1.807, 2.05) is 77.4 Å². The Labute approximate surface area is 369 Å². The molecule has 0 N–H and O–H groups in total. The van der Waals surface area contributed by atoms with E-state index in [1.165, 1.54) is 13.4 Å². The van der Waals surface area contributed by atoms with E-state index in [4.69, 9.17) is 37.7 Å². The summed E-state index contributed by atoms with van der Waals surface area (Å²) in [6.07, 6.45) is 2.03. The zero-order chi connectivity index (χ0) is 44.5. The van der Waals surface area contributed by atoms with Gasteiger partial charge < -0.3 is 32.7 Å². The molecule has 0 radical (unpaired) electrons. The maximum absolute atomic E-state index is 12.4. The van der Waals surface area contributed by atoms with Crippen LogP contribution in [0.1, 0.15) is 73.8 Å². The molecule has 0 bridgehead atoms. The number of nitrogens with zero attached hydrogens (tertiary/aromatic N) is 6. The van der Waals surface area contributed by atoms with Crippen molar-refractivity contribution >= 4 is 25.7 Å². The summed E-state index contributed by atoms with van der Waals surface area (Å²) < 4.78 is 48.1. The van der Waals surface area contributed by atoms with Crippen LogP contribution in [-0.2, 0) is 28.9 Å². The number of benzene rings is 4. The number of carbonyl (C=O) groups is 1. The third-order valence-electron chi connectivity index (χ3n) is 10.9. The number of rotatable bonds is 19. The van der Waals surface area contributed by atoms with E-state index in [0.29, 0.717) is 45.9 Å². The van der Waals surface area contributed by atoms with Gasteiger partial charge in [-0.1, -0.05) is 66.7 Å². The lowest BCUT2D eigenvalue weighted by Crippen LogP contribution is -2.39. The molecular formula is C48H53N6O8P. The maximum atomic E-state index is 12.4. The Morgan fingerprint density at radius 1 is 0.873 bits per heavy atom.